The Labute approximate surface area is 99.6 Å². The third-order valence-electron chi connectivity index (χ3n) is 3.06. The molecule has 2 rings (SSSR count). The summed E-state index contributed by atoms with van der Waals surface area (Å²) in [6.45, 7) is 0.273. The summed E-state index contributed by atoms with van der Waals surface area (Å²) < 4.78 is 0. The number of hydrogen-bond acceptors (Lipinski definition) is 4. The number of rotatable bonds is 3. The molecule has 0 unspecified atom stereocenters. The largest absolute Gasteiger partial charge is 0.396 e. The number of aromatic amines is 1. The lowest BCUT2D eigenvalue weighted by molar-refractivity contribution is 0.209. The molecule has 1 aliphatic carbocycles. The van der Waals surface area contributed by atoms with Crippen molar-refractivity contribution in [1.82, 2.24) is 4.98 Å². The van der Waals surface area contributed by atoms with Gasteiger partial charge < -0.3 is 10.1 Å². The number of aliphatic hydroxyl groups excluding tert-OH is 1. The van der Waals surface area contributed by atoms with Crippen LogP contribution in [-0.2, 0) is 0 Å². The van der Waals surface area contributed by atoms with Crippen molar-refractivity contribution in [3.8, 4) is 0 Å². The molecule has 0 atom stereocenters. The maximum Gasteiger partial charge on any atom is 0.250 e. The first-order chi connectivity index (χ1) is 8.28. The maximum atomic E-state index is 11.1. The molecular formula is C12H17N3O2. The zero-order chi connectivity index (χ0) is 12.1. The number of anilines is 1. The molecule has 0 bridgehead atoms. The number of aliphatic hydroxyl groups is 1. The molecule has 1 fully saturated rings. The maximum absolute atomic E-state index is 11.1. The Kier molecular flexibility index (Phi) is 3.93. The molecule has 0 saturated heterocycles. The fourth-order valence-electron chi connectivity index (χ4n) is 1.96. The molecule has 17 heavy (non-hydrogen) atoms. The van der Waals surface area contributed by atoms with Gasteiger partial charge in [0.05, 0.1) is 5.69 Å². The Balaban J connectivity index is 1.91. The molecule has 1 aromatic heterocycles. The van der Waals surface area contributed by atoms with E-state index in [1.54, 1.807) is 12.3 Å². The van der Waals surface area contributed by atoms with E-state index in [0.29, 0.717) is 11.6 Å². The third kappa shape index (κ3) is 3.42. The zero-order valence-corrected chi connectivity index (χ0v) is 9.65. The minimum atomic E-state index is -0.140. The van der Waals surface area contributed by atoms with Crippen LogP contribution in [0.1, 0.15) is 25.7 Å². The van der Waals surface area contributed by atoms with Gasteiger partial charge in [-0.1, -0.05) is 0 Å². The van der Waals surface area contributed by atoms with Gasteiger partial charge in [0, 0.05) is 24.6 Å². The molecule has 0 spiro atoms. The SMILES string of the molecule is O=c1cc(NN=C2CCC(CO)CC2)cc[nH]1. The van der Waals surface area contributed by atoms with E-state index in [4.69, 9.17) is 5.11 Å². The molecule has 0 aliphatic heterocycles. The van der Waals surface area contributed by atoms with Crippen LogP contribution < -0.4 is 11.0 Å². The van der Waals surface area contributed by atoms with Gasteiger partial charge in [0.15, 0.2) is 0 Å². The van der Waals surface area contributed by atoms with Crippen LogP contribution in [0.4, 0.5) is 5.69 Å². The molecule has 3 N–H and O–H groups in total. The highest BCUT2D eigenvalue weighted by atomic mass is 16.3. The van der Waals surface area contributed by atoms with E-state index in [1.807, 2.05) is 0 Å². The van der Waals surface area contributed by atoms with Gasteiger partial charge in [0.1, 0.15) is 0 Å². The van der Waals surface area contributed by atoms with Gasteiger partial charge in [0.2, 0.25) is 5.56 Å². The lowest BCUT2D eigenvalue weighted by Gasteiger charge is -2.20. The van der Waals surface area contributed by atoms with Crippen molar-refractivity contribution in [2.45, 2.75) is 25.7 Å². The number of aromatic nitrogens is 1. The second-order valence-corrected chi connectivity index (χ2v) is 4.36. The van der Waals surface area contributed by atoms with E-state index < -0.39 is 0 Å². The van der Waals surface area contributed by atoms with E-state index in [2.05, 4.69) is 15.5 Å². The second-order valence-electron chi connectivity index (χ2n) is 4.36. The molecule has 0 amide bonds. The van der Waals surface area contributed by atoms with Crippen LogP contribution in [0.2, 0.25) is 0 Å². The summed E-state index contributed by atoms with van der Waals surface area (Å²) in [6.07, 6.45) is 5.41. The Morgan fingerprint density at radius 1 is 1.47 bits per heavy atom. The Hall–Kier alpha value is -1.62. The lowest BCUT2D eigenvalue weighted by atomic mass is 9.89. The first kappa shape index (κ1) is 11.9. The number of nitrogens with one attached hydrogen (secondary N) is 2. The van der Waals surface area contributed by atoms with Crippen molar-refractivity contribution in [1.29, 1.82) is 0 Å². The topological polar surface area (TPSA) is 77.5 Å². The van der Waals surface area contributed by atoms with Crippen molar-refractivity contribution in [2.75, 3.05) is 12.0 Å². The number of hydrazone groups is 1. The third-order valence-corrected chi connectivity index (χ3v) is 3.06. The average Bonchev–Trinajstić information content (AvgIpc) is 2.37. The Morgan fingerprint density at radius 2 is 2.24 bits per heavy atom. The molecule has 5 nitrogen and oxygen atoms in total. The van der Waals surface area contributed by atoms with E-state index in [1.165, 1.54) is 6.07 Å². The Morgan fingerprint density at radius 3 is 2.88 bits per heavy atom. The Bertz CT molecular complexity index is 443. The average molecular weight is 235 g/mol. The zero-order valence-electron chi connectivity index (χ0n) is 9.65. The van der Waals surface area contributed by atoms with E-state index in [9.17, 15) is 4.79 Å². The minimum Gasteiger partial charge on any atom is -0.396 e. The lowest BCUT2D eigenvalue weighted by Crippen LogP contribution is -2.17. The molecule has 1 heterocycles. The van der Waals surface area contributed by atoms with Gasteiger partial charge in [-0.2, -0.15) is 5.10 Å². The second kappa shape index (κ2) is 5.63. The summed E-state index contributed by atoms with van der Waals surface area (Å²) >= 11 is 0. The molecular weight excluding hydrogens is 218 g/mol. The van der Waals surface area contributed by atoms with E-state index >= 15 is 0 Å². The van der Waals surface area contributed by atoms with Crippen LogP contribution in [0.5, 0.6) is 0 Å². The smallest absolute Gasteiger partial charge is 0.250 e. The van der Waals surface area contributed by atoms with Crippen molar-refractivity contribution in [3.05, 3.63) is 28.7 Å². The molecule has 92 valence electrons. The highest BCUT2D eigenvalue weighted by Gasteiger charge is 2.16. The van der Waals surface area contributed by atoms with E-state index in [0.717, 1.165) is 31.4 Å². The summed E-state index contributed by atoms with van der Waals surface area (Å²) in [5.41, 5.74) is 4.56. The van der Waals surface area contributed by atoms with Crippen LogP contribution in [0, 0.1) is 5.92 Å². The van der Waals surface area contributed by atoms with Gasteiger partial charge >= 0.3 is 0 Å². The van der Waals surface area contributed by atoms with Crippen LogP contribution in [0.25, 0.3) is 0 Å². The summed E-state index contributed by atoms with van der Waals surface area (Å²) in [7, 11) is 0. The fraction of sp³-hybridized carbons (Fsp3) is 0.500. The standard InChI is InChI=1S/C12H17N3O2/c16-8-9-1-3-10(4-2-9)14-15-11-5-6-13-12(17)7-11/h5-7,9,16H,1-4,8H2,(H2,13,15,17). The van der Waals surface area contributed by atoms with Crippen molar-refractivity contribution in [2.24, 2.45) is 11.0 Å². The van der Waals surface area contributed by atoms with Gasteiger partial charge in [-0.15, -0.1) is 0 Å². The number of pyridine rings is 1. The highest BCUT2D eigenvalue weighted by Crippen LogP contribution is 2.21. The fourth-order valence-corrected chi connectivity index (χ4v) is 1.96. The monoisotopic (exact) mass is 235 g/mol. The number of hydrogen-bond donors (Lipinski definition) is 3. The van der Waals surface area contributed by atoms with Gasteiger partial charge in [-0.05, 0) is 37.7 Å². The molecule has 1 saturated carbocycles. The molecule has 0 radical (unpaired) electrons. The predicted octanol–water partition coefficient (Wildman–Crippen LogP) is 1.33. The molecule has 0 aromatic carbocycles. The first-order valence-electron chi connectivity index (χ1n) is 5.89. The normalized spacial score (nSPS) is 20.1. The predicted molar refractivity (Wildman–Crippen MR) is 67.2 cm³/mol. The number of nitrogens with zero attached hydrogens (tertiary/aromatic N) is 1. The summed E-state index contributed by atoms with van der Waals surface area (Å²) in [5.74, 6) is 0.425. The summed E-state index contributed by atoms with van der Waals surface area (Å²) in [5, 5.41) is 13.3. The van der Waals surface area contributed by atoms with Crippen molar-refractivity contribution in [3.63, 3.8) is 0 Å². The van der Waals surface area contributed by atoms with Crippen LogP contribution >= 0.6 is 0 Å². The number of H-pyrrole nitrogens is 1. The first-order valence-corrected chi connectivity index (χ1v) is 5.89. The summed E-state index contributed by atoms with van der Waals surface area (Å²) in [4.78, 5) is 13.6. The van der Waals surface area contributed by atoms with Crippen LogP contribution in [-0.4, -0.2) is 22.4 Å². The van der Waals surface area contributed by atoms with Gasteiger partial charge in [-0.25, -0.2) is 0 Å². The van der Waals surface area contributed by atoms with Gasteiger partial charge in [0.25, 0.3) is 0 Å². The molecule has 1 aliphatic rings. The highest BCUT2D eigenvalue weighted by molar-refractivity contribution is 5.85. The quantitative estimate of drug-likeness (QED) is 0.691. The minimum absolute atomic E-state index is 0.140. The van der Waals surface area contributed by atoms with E-state index in [-0.39, 0.29) is 12.2 Å². The molecule has 5 heteroatoms. The van der Waals surface area contributed by atoms with Crippen molar-refractivity contribution < 1.29 is 5.11 Å². The molecule has 1 aromatic rings. The van der Waals surface area contributed by atoms with Crippen molar-refractivity contribution >= 4 is 11.4 Å². The summed E-state index contributed by atoms with van der Waals surface area (Å²) in [6, 6.07) is 3.24. The van der Waals surface area contributed by atoms with Crippen LogP contribution in [0.3, 0.4) is 0 Å². The van der Waals surface area contributed by atoms with Gasteiger partial charge in [-0.3, -0.25) is 10.2 Å². The van der Waals surface area contributed by atoms with Crippen LogP contribution in [0.15, 0.2) is 28.2 Å².